The summed E-state index contributed by atoms with van der Waals surface area (Å²) in [5, 5.41) is 59.6. The molecule has 0 aliphatic heterocycles. The van der Waals surface area contributed by atoms with Crippen molar-refractivity contribution in [1.82, 2.24) is 0 Å². The monoisotopic (exact) mass is 370 g/mol. The molecular weight excluding hydrogens is 356 g/mol. The molecule has 0 atom stereocenters. The van der Waals surface area contributed by atoms with E-state index in [9.17, 15) is 30.6 Å². The van der Waals surface area contributed by atoms with Crippen LogP contribution in [0.3, 0.4) is 0 Å². The molecule has 118 valence electrons. The number of hydrogen-bond acceptors (Lipinski definition) is 6. The number of benzene rings is 1. The fourth-order valence-corrected chi connectivity index (χ4v) is 2.86. The highest BCUT2D eigenvalue weighted by Gasteiger charge is 2.26. The topological polar surface area (TPSA) is 121 Å². The number of aliphatic hydroxyl groups excluding tert-OH is 3. The van der Waals surface area contributed by atoms with Gasteiger partial charge >= 0.3 is 0 Å². The minimum atomic E-state index is -0.739. The van der Waals surface area contributed by atoms with Crippen LogP contribution in [0.2, 0.25) is 0 Å². The van der Waals surface area contributed by atoms with Gasteiger partial charge in [0, 0.05) is 24.0 Å². The van der Waals surface area contributed by atoms with Crippen molar-refractivity contribution < 1.29 is 30.6 Å². The molecule has 0 amide bonds. The number of phenolic OH excluding ortho intramolecular Hbond substituents is 3. The van der Waals surface area contributed by atoms with Gasteiger partial charge in [-0.15, -0.1) is 0 Å². The van der Waals surface area contributed by atoms with Gasteiger partial charge in [0.05, 0.1) is 4.47 Å². The van der Waals surface area contributed by atoms with Crippen LogP contribution in [0, 0.1) is 0 Å². The van der Waals surface area contributed by atoms with Crippen molar-refractivity contribution in [3.05, 3.63) is 50.6 Å². The van der Waals surface area contributed by atoms with Gasteiger partial charge in [-0.05, 0) is 34.0 Å². The summed E-state index contributed by atoms with van der Waals surface area (Å²) in [7, 11) is 0. The van der Waals surface area contributed by atoms with Gasteiger partial charge in [0.1, 0.15) is 11.5 Å². The van der Waals surface area contributed by atoms with Gasteiger partial charge in [0.2, 0.25) is 5.75 Å². The van der Waals surface area contributed by atoms with Crippen molar-refractivity contribution in [2.75, 3.05) is 0 Å². The molecule has 7 heteroatoms. The van der Waals surface area contributed by atoms with E-state index in [1.807, 2.05) is 0 Å². The van der Waals surface area contributed by atoms with E-state index < -0.39 is 28.8 Å². The first kappa shape index (κ1) is 16.1. The van der Waals surface area contributed by atoms with E-state index in [0.717, 1.165) is 0 Å². The summed E-state index contributed by atoms with van der Waals surface area (Å²) in [5.74, 6) is -3.23. The molecule has 1 aliphatic rings. The van der Waals surface area contributed by atoms with Crippen molar-refractivity contribution in [2.45, 2.75) is 19.8 Å². The highest BCUT2D eigenvalue weighted by molar-refractivity contribution is 9.10. The van der Waals surface area contributed by atoms with Crippen LogP contribution in [-0.2, 0) is 12.8 Å². The summed E-state index contributed by atoms with van der Waals surface area (Å²) in [6, 6.07) is 0. The highest BCUT2D eigenvalue weighted by atomic mass is 79.9. The summed E-state index contributed by atoms with van der Waals surface area (Å²) in [6.45, 7) is 5.11. The van der Waals surface area contributed by atoms with Gasteiger partial charge in [-0.3, -0.25) is 0 Å². The van der Waals surface area contributed by atoms with Crippen LogP contribution >= 0.6 is 15.9 Å². The Morgan fingerprint density at radius 2 is 1.41 bits per heavy atom. The molecule has 22 heavy (non-hydrogen) atoms. The molecule has 6 N–H and O–H groups in total. The average Bonchev–Trinajstić information content (AvgIpc) is 2.52. The molecule has 2 rings (SSSR count). The second-order valence-electron chi connectivity index (χ2n) is 5.04. The lowest BCUT2D eigenvalue weighted by molar-refractivity contribution is 0.316. The Labute approximate surface area is 134 Å². The maximum atomic E-state index is 10.1. The summed E-state index contributed by atoms with van der Waals surface area (Å²) in [6.07, 6.45) is -0.265. The van der Waals surface area contributed by atoms with Crippen LogP contribution in [0.1, 0.15) is 18.1 Å². The molecule has 1 aromatic rings. The standard InChI is InChI=1S/C15H15BrO6/c1-5-3-7-8(13(20)15(22)14(21)10(7)16)4-9(17)12(19)6(2)11(5)18/h17-22H,1,3-4H2,2H3/b11-6+,12-9-. The predicted octanol–water partition coefficient (Wildman–Crippen LogP) is 3.38. The summed E-state index contributed by atoms with van der Waals surface area (Å²) in [5.41, 5.74) is 0.692. The van der Waals surface area contributed by atoms with Gasteiger partial charge < -0.3 is 30.6 Å². The van der Waals surface area contributed by atoms with Gasteiger partial charge in [0.15, 0.2) is 17.3 Å². The van der Waals surface area contributed by atoms with Gasteiger partial charge in [-0.1, -0.05) is 6.58 Å². The smallest absolute Gasteiger partial charge is 0.201 e. The average molecular weight is 371 g/mol. The van der Waals surface area contributed by atoms with Crippen LogP contribution in [0.5, 0.6) is 17.2 Å². The molecule has 1 aromatic carbocycles. The zero-order valence-corrected chi connectivity index (χ0v) is 13.3. The zero-order chi connectivity index (χ0) is 16.8. The SMILES string of the molecule is C=C1Cc2c(Br)c(O)c(O)c(O)c2C/C(O)=C(O)\C(C)=C/1O. The second-order valence-corrected chi connectivity index (χ2v) is 5.84. The van der Waals surface area contributed by atoms with E-state index in [2.05, 4.69) is 22.5 Å². The number of aliphatic hydroxyl groups is 3. The molecular formula is C15H15BrO6. The van der Waals surface area contributed by atoms with Crippen molar-refractivity contribution >= 4 is 15.9 Å². The van der Waals surface area contributed by atoms with Crippen LogP contribution in [0.15, 0.2) is 39.5 Å². The lowest BCUT2D eigenvalue weighted by Gasteiger charge is -2.16. The molecule has 0 bridgehead atoms. The third-order valence-electron chi connectivity index (χ3n) is 3.62. The molecule has 0 unspecified atom stereocenters. The minimum absolute atomic E-state index is 0.0288. The molecule has 6 nitrogen and oxygen atoms in total. The third kappa shape index (κ3) is 2.37. The van der Waals surface area contributed by atoms with E-state index in [4.69, 9.17) is 0 Å². The Bertz CT molecular complexity index is 745. The highest BCUT2D eigenvalue weighted by Crippen LogP contribution is 2.47. The number of rotatable bonds is 0. The van der Waals surface area contributed by atoms with Crippen LogP contribution < -0.4 is 0 Å². The van der Waals surface area contributed by atoms with Gasteiger partial charge in [0.25, 0.3) is 0 Å². The Hall–Kier alpha value is -2.28. The third-order valence-corrected chi connectivity index (χ3v) is 4.48. The van der Waals surface area contributed by atoms with E-state index in [0.29, 0.717) is 5.56 Å². The van der Waals surface area contributed by atoms with Crippen molar-refractivity contribution in [2.24, 2.45) is 0 Å². The normalized spacial score (nSPS) is 22.7. The van der Waals surface area contributed by atoms with Crippen molar-refractivity contribution in [3.8, 4) is 17.2 Å². The van der Waals surface area contributed by atoms with Crippen molar-refractivity contribution in [1.29, 1.82) is 0 Å². The predicted molar refractivity (Wildman–Crippen MR) is 83.3 cm³/mol. The fourth-order valence-electron chi connectivity index (χ4n) is 2.29. The molecule has 1 aliphatic carbocycles. The first-order chi connectivity index (χ1) is 10.2. The Morgan fingerprint density at radius 3 is 2.00 bits per heavy atom. The number of phenols is 3. The van der Waals surface area contributed by atoms with Crippen molar-refractivity contribution in [3.63, 3.8) is 0 Å². The molecule has 0 saturated heterocycles. The Kier molecular flexibility index (Phi) is 4.02. The first-order valence-electron chi connectivity index (χ1n) is 6.30. The number of allylic oxidation sites excluding steroid dienone is 3. The summed E-state index contributed by atoms with van der Waals surface area (Å²) >= 11 is 3.11. The lowest BCUT2D eigenvalue weighted by Crippen LogP contribution is -2.01. The first-order valence-corrected chi connectivity index (χ1v) is 7.09. The number of fused-ring (bicyclic) bond motifs is 1. The zero-order valence-electron chi connectivity index (χ0n) is 11.7. The van der Waals surface area contributed by atoms with Crippen LogP contribution in [0.4, 0.5) is 0 Å². The lowest BCUT2D eigenvalue weighted by atomic mass is 9.96. The largest absolute Gasteiger partial charge is 0.508 e. The van der Waals surface area contributed by atoms with E-state index in [1.54, 1.807) is 0 Å². The van der Waals surface area contributed by atoms with Gasteiger partial charge in [-0.25, -0.2) is 0 Å². The Morgan fingerprint density at radius 1 is 0.818 bits per heavy atom. The molecule has 0 aromatic heterocycles. The quantitative estimate of drug-likeness (QED) is 0.389. The minimum Gasteiger partial charge on any atom is -0.508 e. The summed E-state index contributed by atoms with van der Waals surface area (Å²) < 4.78 is 0.110. The Balaban J connectivity index is 2.82. The van der Waals surface area contributed by atoms with E-state index in [-0.39, 0.29) is 39.8 Å². The van der Waals surface area contributed by atoms with Crippen LogP contribution in [0.25, 0.3) is 0 Å². The maximum absolute atomic E-state index is 10.1. The number of halogens is 1. The number of aromatic hydroxyl groups is 3. The molecule has 0 spiro atoms. The molecule has 0 saturated carbocycles. The second kappa shape index (κ2) is 5.49. The fraction of sp³-hybridized carbons (Fsp3) is 0.200. The van der Waals surface area contributed by atoms with E-state index in [1.165, 1.54) is 6.92 Å². The van der Waals surface area contributed by atoms with Crippen LogP contribution in [-0.4, -0.2) is 30.6 Å². The maximum Gasteiger partial charge on any atom is 0.201 e. The van der Waals surface area contributed by atoms with E-state index >= 15 is 0 Å². The molecule has 0 heterocycles. The van der Waals surface area contributed by atoms with Gasteiger partial charge in [-0.2, -0.15) is 0 Å². The molecule has 0 radical (unpaired) electrons. The summed E-state index contributed by atoms with van der Waals surface area (Å²) in [4.78, 5) is 0. The molecule has 0 fully saturated rings. The number of hydrogen-bond donors (Lipinski definition) is 6.